The van der Waals surface area contributed by atoms with Crippen LogP contribution in [0.3, 0.4) is 0 Å². The third-order valence-corrected chi connectivity index (χ3v) is 15.4. The number of amides is 3. The number of piperazine rings is 1. The minimum Gasteiger partial charge on any atom is -0.494 e. The van der Waals surface area contributed by atoms with Crippen LogP contribution in [-0.4, -0.2) is 119 Å². The first-order chi connectivity index (χ1) is 33.9. The molecule has 3 saturated heterocycles. The molecule has 3 atom stereocenters. The van der Waals surface area contributed by atoms with Gasteiger partial charge in [0.25, 0.3) is 5.91 Å². The van der Waals surface area contributed by atoms with Gasteiger partial charge in [-0.3, -0.25) is 24.6 Å². The Balaban J connectivity index is 0.656. The molecule has 0 spiro atoms. The molecule has 0 bridgehead atoms. The topological polar surface area (TPSA) is 156 Å². The number of nitrogens with zero attached hydrogens (tertiary/aromatic N) is 6. The number of carbonyl (C=O) groups is 3. The van der Waals surface area contributed by atoms with Crippen molar-refractivity contribution < 1.29 is 28.6 Å². The van der Waals surface area contributed by atoms with Crippen molar-refractivity contribution in [2.75, 3.05) is 68.5 Å². The van der Waals surface area contributed by atoms with E-state index in [1.165, 1.54) is 36.6 Å². The molecule has 0 radical (unpaired) electrons. The lowest BCUT2D eigenvalue weighted by molar-refractivity contribution is -0.136. The SMILES string of the molecule is COc1cc(N2CCC(N3CCN(CCCCCCCCC#Cc4ccc(F)c5c4CN(C4CCC(=O)NC4=O)C5=O)CC3)CC2)ccc1Nc1ncc(Cl)c(Nc2ccccc2C2C(O)C2(C)C)n1. The van der Waals surface area contributed by atoms with Crippen molar-refractivity contribution in [1.29, 1.82) is 0 Å². The Labute approximate surface area is 415 Å². The Morgan fingerprint density at radius 2 is 1.66 bits per heavy atom. The summed E-state index contributed by atoms with van der Waals surface area (Å²) in [5.74, 6) is 5.98. The minimum atomic E-state index is -0.787. The van der Waals surface area contributed by atoms with Crippen LogP contribution in [0.2, 0.25) is 5.02 Å². The molecule has 5 heterocycles. The van der Waals surface area contributed by atoms with Gasteiger partial charge in [0.05, 0.1) is 30.7 Å². The molecule has 370 valence electrons. The predicted molar refractivity (Wildman–Crippen MR) is 270 cm³/mol. The summed E-state index contributed by atoms with van der Waals surface area (Å²) in [5, 5.41) is 20.0. The van der Waals surface area contributed by atoms with Crippen LogP contribution in [0.4, 0.5) is 33.2 Å². The molecular weight excluding hydrogens is 909 g/mol. The molecule has 3 aromatic carbocycles. The number of rotatable bonds is 17. The van der Waals surface area contributed by atoms with Crippen LogP contribution >= 0.6 is 11.6 Å². The number of halogens is 2. The molecule has 9 rings (SSSR count). The Kier molecular flexibility index (Phi) is 15.2. The summed E-state index contributed by atoms with van der Waals surface area (Å²) in [6.07, 6.45) is 11.5. The van der Waals surface area contributed by atoms with Gasteiger partial charge in [0.2, 0.25) is 17.8 Å². The molecule has 4 fully saturated rings. The van der Waals surface area contributed by atoms with E-state index in [2.05, 4.69) is 73.5 Å². The first kappa shape index (κ1) is 49.2. The van der Waals surface area contributed by atoms with E-state index in [1.807, 2.05) is 30.3 Å². The fraction of sp³-hybridized carbons (Fsp3) is 0.500. The molecule has 4 N–H and O–H groups in total. The maximum atomic E-state index is 14.8. The number of unbranched alkanes of at least 4 members (excludes halogenated alkanes) is 6. The number of piperidine rings is 2. The van der Waals surface area contributed by atoms with Crippen molar-refractivity contribution in [1.82, 2.24) is 30.0 Å². The lowest BCUT2D eigenvalue weighted by atomic mass is 10.0. The number of anilines is 5. The maximum Gasteiger partial charge on any atom is 0.258 e. The van der Waals surface area contributed by atoms with Crippen LogP contribution in [-0.2, 0) is 16.1 Å². The number of imide groups is 1. The minimum absolute atomic E-state index is 0.0122. The summed E-state index contributed by atoms with van der Waals surface area (Å²) < 4.78 is 20.6. The van der Waals surface area contributed by atoms with Crippen LogP contribution in [0.15, 0.2) is 60.8 Å². The van der Waals surface area contributed by atoms with Gasteiger partial charge >= 0.3 is 0 Å². The smallest absolute Gasteiger partial charge is 0.258 e. The zero-order valence-electron chi connectivity index (χ0n) is 40.5. The molecular formula is C54H65ClFN9O5. The lowest BCUT2D eigenvalue weighted by Crippen LogP contribution is -2.53. The highest BCUT2D eigenvalue weighted by molar-refractivity contribution is 6.33. The number of hydrogen-bond acceptors (Lipinski definition) is 12. The molecule has 16 heteroatoms. The second-order valence-electron chi connectivity index (χ2n) is 20.0. The third-order valence-electron chi connectivity index (χ3n) is 15.1. The molecule has 1 saturated carbocycles. The van der Waals surface area contributed by atoms with Gasteiger partial charge in [0.1, 0.15) is 22.6 Å². The summed E-state index contributed by atoms with van der Waals surface area (Å²) >= 11 is 6.58. The lowest BCUT2D eigenvalue weighted by Gasteiger charge is -2.43. The quantitative estimate of drug-likeness (QED) is 0.0457. The van der Waals surface area contributed by atoms with E-state index in [4.69, 9.17) is 21.3 Å². The summed E-state index contributed by atoms with van der Waals surface area (Å²) in [7, 11) is 1.68. The van der Waals surface area contributed by atoms with Gasteiger partial charge in [-0.2, -0.15) is 4.98 Å². The van der Waals surface area contributed by atoms with E-state index in [0.717, 1.165) is 101 Å². The number of methoxy groups -OCH3 is 1. The van der Waals surface area contributed by atoms with E-state index in [1.54, 1.807) is 19.4 Å². The number of aromatic nitrogens is 2. The molecule has 4 aromatic rings. The van der Waals surface area contributed by atoms with Gasteiger partial charge in [0, 0.05) is 105 Å². The van der Waals surface area contributed by atoms with E-state index >= 15 is 0 Å². The molecule has 4 aliphatic heterocycles. The fourth-order valence-corrected chi connectivity index (χ4v) is 10.9. The Hall–Kier alpha value is -5.79. The zero-order valence-corrected chi connectivity index (χ0v) is 41.3. The number of nitrogens with one attached hydrogen (secondary N) is 3. The van der Waals surface area contributed by atoms with Gasteiger partial charge in [-0.05, 0) is 74.5 Å². The highest BCUT2D eigenvalue weighted by Gasteiger charge is 2.58. The predicted octanol–water partition coefficient (Wildman–Crippen LogP) is 8.38. The third kappa shape index (κ3) is 10.9. The number of ether oxygens (including phenoxy) is 1. The van der Waals surface area contributed by atoms with Gasteiger partial charge in [-0.25, -0.2) is 9.37 Å². The average Bonchev–Trinajstić information content (AvgIpc) is 3.65. The molecule has 3 amide bonds. The van der Waals surface area contributed by atoms with Crippen molar-refractivity contribution in [3.05, 3.63) is 93.9 Å². The van der Waals surface area contributed by atoms with Crippen LogP contribution in [0.1, 0.15) is 117 Å². The number of carbonyl (C=O) groups excluding carboxylic acids is 3. The van der Waals surface area contributed by atoms with Crippen LogP contribution < -0.4 is 25.6 Å². The standard InChI is InChI=1S/C54H65ClFN9O5/c1-54(2)48(49(54)67)38-15-11-12-16-42(38)58-50-40(55)33-57-53(61-50)59-43-20-18-37(32-45(43)70-3)63-26-23-36(24-27-63)64-30-28-62(29-31-64)25-13-9-7-5-4-6-8-10-14-35-17-19-41(56)47-39(35)34-65(52(47)69)44-21-22-46(66)60-51(44)68/h11-12,15-20,32-33,36,44,48-49,67H,4-9,13,21-31,34H2,1-3H3,(H,60,66,68)(H2,57,58,59,61). The molecule has 5 aliphatic rings. The number of hydrogen-bond donors (Lipinski definition) is 4. The monoisotopic (exact) mass is 973 g/mol. The Morgan fingerprint density at radius 3 is 2.40 bits per heavy atom. The largest absolute Gasteiger partial charge is 0.494 e. The number of aliphatic hydroxyl groups excluding tert-OH is 1. The number of para-hydroxylation sites is 1. The van der Waals surface area contributed by atoms with E-state index in [0.29, 0.717) is 39.7 Å². The zero-order chi connectivity index (χ0) is 48.9. The highest BCUT2D eigenvalue weighted by Crippen LogP contribution is 2.60. The number of fused-ring (bicyclic) bond motifs is 1. The van der Waals surface area contributed by atoms with Crippen molar-refractivity contribution >= 4 is 58.2 Å². The second kappa shape index (κ2) is 21.7. The summed E-state index contributed by atoms with van der Waals surface area (Å²) in [4.78, 5) is 55.5. The van der Waals surface area contributed by atoms with Crippen molar-refractivity contribution in [2.24, 2.45) is 5.41 Å². The van der Waals surface area contributed by atoms with E-state index in [-0.39, 0.29) is 42.2 Å². The number of aliphatic hydroxyl groups is 1. The van der Waals surface area contributed by atoms with E-state index < -0.39 is 29.8 Å². The maximum absolute atomic E-state index is 14.8. The van der Waals surface area contributed by atoms with Gasteiger partial charge in [-0.1, -0.05) is 81.2 Å². The summed E-state index contributed by atoms with van der Waals surface area (Å²) in [6.45, 7) is 11.9. The first-order valence-electron chi connectivity index (χ1n) is 25.1. The summed E-state index contributed by atoms with van der Waals surface area (Å²) in [5.41, 5.74) is 4.71. The highest BCUT2D eigenvalue weighted by atomic mass is 35.5. The van der Waals surface area contributed by atoms with Crippen molar-refractivity contribution in [2.45, 2.75) is 115 Å². The van der Waals surface area contributed by atoms with Crippen molar-refractivity contribution in [3.63, 3.8) is 0 Å². The van der Waals surface area contributed by atoms with Crippen molar-refractivity contribution in [3.8, 4) is 17.6 Å². The van der Waals surface area contributed by atoms with Crippen LogP contribution in [0, 0.1) is 23.1 Å². The van der Waals surface area contributed by atoms with Crippen LogP contribution in [0.5, 0.6) is 5.75 Å². The second-order valence-corrected chi connectivity index (χ2v) is 20.4. The molecule has 1 aromatic heterocycles. The van der Waals surface area contributed by atoms with Gasteiger partial charge in [-0.15, -0.1) is 0 Å². The Bertz CT molecular complexity index is 2640. The van der Waals surface area contributed by atoms with Crippen LogP contribution in [0.25, 0.3) is 0 Å². The van der Waals surface area contributed by atoms with E-state index in [9.17, 15) is 23.9 Å². The normalized spacial score (nSPS) is 21.5. The summed E-state index contributed by atoms with van der Waals surface area (Å²) in [6, 6.07) is 16.9. The molecule has 3 unspecified atom stereocenters. The number of benzene rings is 3. The van der Waals surface area contributed by atoms with Gasteiger partial charge in [0.15, 0.2) is 5.82 Å². The molecule has 1 aliphatic carbocycles. The average molecular weight is 975 g/mol. The fourth-order valence-electron chi connectivity index (χ4n) is 10.8. The molecule has 70 heavy (non-hydrogen) atoms. The molecule has 14 nitrogen and oxygen atoms in total. The van der Waals surface area contributed by atoms with Gasteiger partial charge < -0.3 is 35.2 Å². The Morgan fingerprint density at radius 1 is 0.914 bits per heavy atom. The first-order valence-corrected chi connectivity index (χ1v) is 25.4.